The van der Waals surface area contributed by atoms with Crippen molar-refractivity contribution in [2.75, 3.05) is 0 Å². The molecule has 0 radical (unpaired) electrons. The van der Waals surface area contributed by atoms with Crippen LogP contribution in [0.5, 0.6) is 0 Å². The van der Waals surface area contributed by atoms with Crippen LogP contribution in [0.4, 0.5) is 0 Å². The molecule has 0 aromatic carbocycles. The second kappa shape index (κ2) is 18.6. The molecule has 0 aromatic heterocycles. The van der Waals surface area contributed by atoms with Crippen molar-refractivity contribution in [1.29, 1.82) is 0 Å². The molecule has 0 heterocycles. The average Bonchev–Trinajstić information content (AvgIpc) is 0. The SMILES string of the molecule is [Al+3].[Al+3].[Ni+2].[Ti+2]. The molecule has 0 atom stereocenters. The Kier molecular flexibility index (Phi) is 157. The van der Waals surface area contributed by atoms with Crippen molar-refractivity contribution in [3.05, 3.63) is 0 Å². The molecule has 0 nitrogen and oxygen atoms in total. The minimum atomic E-state index is 0. The summed E-state index contributed by atoms with van der Waals surface area (Å²) in [6, 6.07) is 0. The Morgan fingerprint density at radius 1 is 0.750 bits per heavy atom. The second-order valence-corrected chi connectivity index (χ2v) is 0. The van der Waals surface area contributed by atoms with Gasteiger partial charge < -0.3 is 0 Å². The zero-order chi connectivity index (χ0) is 0. The molecule has 4 heteroatoms. The van der Waals surface area contributed by atoms with E-state index in [4.69, 9.17) is 0 Å². The molecule has 0 saturated heterocycles. The molecule has 0 amide bonds. The van der Waals surface area contributed by atoms with E-state index in [9.17, 15) is 0 Å². The van der Waals surface area contributed by atoms with Gasteiger partial charge in [-0.1, -0.05) is 0 Å². The van der Waals surface area contributed by atoms with Crippen LogP contribution in [0.25, 0.3) is 0 Å². The molecule has 0 aromatic rings. The summed E-state index contributed by atoms with van der Waals surface area (Å²) < 4.78 is 0. The van der Waals surface area contributed by atoms with Crippen molar-refractivity contribution >= 4 is 34.7 Å². The van der Waals surface area contributed by atoms with Gasteiger partial charge in [-0.15, -0.1) is 0 Å². The minimum absolute atomic E-state index is 0. The zero-order valence-corrected chi connectivity index (χ0v) is 6.83. The van der Waals surface area contributed by atoms with Crippen LogP contribution in [0.1, 0.15) is 0 Å². The molecule has 0 rings (SSSR count). The van der Waals surface area contributed by atoms with E-state index in [0.29, 0.717) is 0 Å². The van der Waals surface area contributed by atoms with Gasteiger partial charge in [-0.3, -0.25) is 0 Å². The number of hydrogen-bond donors (Lipinski definition) is 0. The third kappa shape index (κ3) is 8.86. The van der Waals surface area contributed by atoms with Crippen LogP contribution >= 0.6 is 0 Å². The smallest absolute Gasteiger partial charge is 2.00 e. The van der Waals surface area contributed by atoms with E-state index in [1.54, 1.807) is 0 Å². The monoisotopic (exact) mass is 160 g/mol. The molecule has 0 unspecified atom stereocenters. The van der Waals surface area contributed by atoms with Crippen LogP contribution in [0.2, 0.25) is 0 Å². The van der Waals surface area contributed by atoms with Crippen LogP contribution in [-0.4, -0.2) is 34.7 Å². The van der Waals surface area contributed by atoms with Crippen molar-refractivity contribution in [2.45, 2.75) is 0 Å². The summed E-state index contributed by atoms with van der Waals surface area (Å²) in [6.07, 6.45) is 0. The summed E-state index contributed by atoms with van der Waals surface area (Å²) in [4.78, 5) is 0. The summed E-state index contributed by atoms with van der Waals surface area (Å²) in [7, 11) is 0. The van der Waals surface area contributed by atoms with Gasteiger partial charge in [0, 0.05) is 0 Å². The Balaban J connectivity index is 0. The van der Waals surface area contributed by atoms with Crippen molar-refractivity contribution < 1.29 is 38.2 Å². The van der Waals surface area contributed by atoms with Gasteiger partial charge in [0.15, 0.2) is 0 Å². The quantitative estimate of drug-likeness (QED) is 0.409. The van der Waals surface area contributed by atoms with E-state index in [-0.39, 0.29) is 72.9 Å². The average molecular weight is 161 g/mol. The Labute approximate surface area is 72.2 Å². The van der Waals surface area contributed by atoms with Gasteiger partial charge in [0.2, 0.25) is 0 Å². The molecule has 0 spiro atoms. The van der Waals surface area contributed by atoms with Crippen LogP contribution in [-0.2, 0) is 38.2 Å². The Hall–Kier alpha value is 2.27. The van der Waals surface area contributed by atoms with Gasteiger partial charge >= 0.3 is 72.9 Å². The molecule has 4 heavy (non-hydrogen) atoms. The maximum atomic E-state index is 0. The van der Waals surface area contributed by atoms with Gasteiger partial charge in [0.1, 0.15) is 0 Å². The first kappa shape index (κ1) is 33.8. The second-order valence-electron chi connectivity index (χ2n) is 0. The summed E-state index contributed by atoms with van der Waals surface area (Å²) in [5, 5.41) is 0. The fourth-order valence-electron chi connectivity index (χ4n) is 0. The molecular weight excluding hydrogens is 161 g/mol. The van der Waals surface area contributed by atoms with Gasteiger partial charge in [-0.25, -0.2) is 0 Å². The van der Waals surface area contributed by atoms with Gasteiger partial charge in [-0.05, 0) is 0 Å². The molecule has 0 saturated carbocycles. The van der Waals surface area contributed by atoms with E-state index in [0.717, 1.165) is 0 Å². The Bertz CT molecular complexity index is 6.00. The molecule has 0 N–H and O–H groups in total. The van der Waals surface area contributed by atoms with E-state index in [2.05, 4.69) is 0 Å². The van der Waals surface area contributed by atoms with Crippen molar-refractivity contribution in [3.8, 4) is 0 Å². The standard InChI is InChI=1S/2Al.Ni.Ti/q2*+3;2*+2. The van der Waals surface area contributed by atoms with E-state index < -0.39 is 0 Å². The maximum absolute atomic E-state index is 0. The summed E-state index contributed by atoms with van der Waals surface area (Å²) in [6.45, 7) is 0. The Morgan fingerprint density at radius 2 is 0.750 bits per heavy atom. The van der Waals surface area contributed by atoms with E-state index in [1.807, 2.05) is 0 Å². The van der Waals surface area contributed by atoms with E-state index >= 15 is 0 Å². The molecule has 10 valence electrons. The maximum Gasteiger partial charge on any atom is 3.00 e. The topological polar surface area (TPSA) is 0 Å². The van der Waals surface area contributed by atoms with Crippen molar-refractivity contribution in [1.82, 2.24) is 0 Å². The summed E-state index contributed by atoms with van der Waals surface area (Å²) in [5.41, 5.74) is 0. The van der Waals surface area contributed by atoms with Crippen LogP contribution in [0, 0.1) is 0 Å². The van der Waals surface area contributed by atoms with Gasteiger partial charge in [0.25, 0.3) is 0 Å². The van der Waals surface area contributed by atoms with Crippen LogP contribution in [0.3, 0.4) is 0 Å². The normalized spacial score (nSPS) is 0. The third-order valence-electron chi connectivity index (χ3n) is 0. The first-order valence-corrected chi connectivity index (χ1v) is 0. The predicted octanol–water partition coefficient (Wildman–Crippen LogP) is -0.767. The van der Waals surface area contributed by atoms with Crippen molar-refractivity contribution in [3.63, 3.8) is 0 Å². The number of hydrogen-bond acceptors (Lipinski definition) is 0. The third-order valence-corrected chi connectivity index (χ3v) is 0. The van der Waals surface area contributed by atoms with Crippen molar-refractivity contribution in [2.24, 2.45) is 0 Å². The predicted molar refractivity (Wildman–Crippen MR) is 11.5 cm³/mol. The molecule has 0 aliphatic heterocycles. The fourth-order valence-corrected chi connectivity index (χ4v) is 0. The molecule has 0 fully saturated rings. The number of rotatable bonds is 0. The van der Waals surface area contributed by atoms with Gasteiger partial charge in [0.05, 0.1) is 0 Å². The molecule has 0 aliphatic carbocycles. The molecular formula is Al2NiTi+10. The van der Waals surface area contributed by atoms with Crippen LogP contribution in [0.15, 0.2) is 0 Å². The summed E-state index contributed by atoms with van der Waals surface area (Å²) >= 11 is 0. The fraction of sp³-hybridized carbons (Fsp3) is 0. The zero-order valence-electron chi connectivity index (χ0n) is 1.97. The largest absolute Gasteiger partial charge is 3.00 e. The Morgan fingerprint density at radius 3 is 0.750 bits per heavy atom. The van der Waals surface area contributed by atoms with Gasteiger partial charge in [-0.2, -0.15) is 0 Å². The van der Waals surface area contributed by atoms with E-state index in [1.165, 1.54) is 0 Å². The van der Waals surface area contributed by atoms with Crippen LogP contribution < -0.4 is 0 Å². The summed E-state index contributed by atoms with van der Waals surface area (Å²) in [5.74, 6) is 0. The first-order valence-electron chi connectivity index (χ1n) is 0. The molecule has 0 aliphatic rings. The molecule has 0 bridgehead atoms. The first-order chi connectivity index (χ1) is 0. The minimum Gasteiger partial charge on any atom is 2.00 e.